The van der Waals surface area contributed by atoms with Gasteiger partial charge in [-0.1, -0.05) is 54.6 Å². The molecule has 5 heteroatoms. The van der Waals surface area contributed by atoms with Crippen molar-refractivity contribution < 1.29 is 13.8 Å². The lowest BCUT2D eigenvalue weighted by Gasteiger charge is -2.35. The average Bonchev–Trinajstić information content (AvgIpc) is 3.18. The van der Waals surface area contributed by atoms with E-state index < -0.39 is 13.0 Å². The Morgan fingerprint density at radius 3 is 1.80 bits per heavy atom. The van der Waals surface area contributed by atoms with Crippen LogP contribution in [0.25, 0.3) is 0 Å². The molecule has 0 saturated carbocycles. The minimum absolute atomic E-state index is 0.199. The molecule has 0 N–H and O–H groups in total. The lowest BCUT2D eigenvalue weighted by atomic mass is 9.96. The molecule has 0 spiro atoms. The lowest BCUT2D eigenvalue weighted by molar-refractivity contribution is 0.0499. The number of hydrogen-bond donors (Lipinski definition) is 0. The highest BCUT2D eigenvalue weighted by Gasteiger charge is 2.45. The predicted octanol–water partition coefficient (Wildman–Crippen LogP) is 4.94. The summed E-state index contributed by atoms with van der Waals surface area (Å²) in [6.07, 6.45) is -0.199. The Hall–Kier alpha value is -2.68. The fourth-order valence-corrected chi connectivity index (χ4v) is 6.24. The Labute approximate surface area is 178 Å². The highest BCUT2D eigenvalue weighted by molar-refractivity contribution is 7.74. The number of benzene rings is 3. The van der Waals surface area contributed by atoms with Crippen molar-refractivity contribution in [2.75, 3.05) is 0 Å². The van der Waals surface area contributed by atoms with Crippen LogP contribution in [-0.4, -0.2) is 23.6 Å². The first-order valence-electron chi connectivity index (χ1n) is 10.1. The van der Waals surface area contributed by atoms with Crippen LogP contribution in [0, 0.1) is 0 Å². The highest BCUT2D eigenvalue weighted by Crippen LogP contribution is 2.50. The van der Waals surface area contributed by atoms with Gasteiger partial charge in [0, 0.05) is 16.2 Å². The summed E-state index contributed by atoms with van der Waals surface area (Å²) in [5.41, 5.74) is 0.105. The first-order valence-corrected chi connectivity index (χ1v) is 11.7. The third kappa shape index (κ3) is 3.98. The maximum atomic E-state index is 14.3. The van der Waals surface area contributed by atoms with Crippen molar-refractivity contribution in [3.63, 3.8) is 0 Å². The van der Waals surface area contributed by atoms with Gasteiger partial charge in [0.25, 0.3) is 7.37 Å². The Balaban J connectivity index is 1.71. The van der Waals surface area contributed by atoms with Crippen LogP contribution in [-0.2, 0) is 13.8 Å². The molecule has 154 valence electrons. The number of hydrogen-bond acceptors (Lipinski definition) is 4. The number of aliphatic imine (C=N–C) groups is 1. The van der Waals surface area contributed by atoms with E-state index in [1.807, 2.05) is 112 Å². The monoisotopic (exact) mass is 419 g/mol. The molecule has 30 heavy (non-hydrogen) atoms. The minimum atomic E-state index is -3.34. The van der Waals surface area contributed by atoms with E-state index >= 15 is 0 Å². The Morgan fingerprint density at radius 1 is 0.833 bits per heavy atom. The van der Waals surface area contributed by atoms with Gasteiger partial charge in [-0.2, -0.15) is 0 Å². The van der Waals surface area contributed by atoms with Crippen LogP contribution in [0.4, 0.5) is 0 Å². The molecule has 4 rings (SSSR count). The van der Waals surface area contributed by atoms with Gasteiger partial charge in [0.05, 0.1) is 5.60 Å². The van der Waals surface area contributed by atoms with Crippen LogP contribution in [0.15, 0.2) is 96.0 Å². The van der Waals surface area contributed by atoms with E-state index in [1.54, 1.807) is 0 Å². The molecule has 0 aliphatic carbocycles. The average molecular weight is 419 g/mol. The fourth-order valence-electron chi connectivity index (χ4n) is 3.83. The molecule has 1 aliphatic rings. The summed E-state index contributed by atoms with van der Waals surface area (Å²) < 4.78 is 26.9. The van der Waals surface area contributed by atoms with Crippen LogP contribution in [0.1, 0.15) is 26.3 Å². The molecule has 4 nitrogen and oxygen atoms in total. The molecule has 0 bridgehead atoms. The zero-order chi connectivity index (χ0) is 21.2. The van der Waals surface area contributed by atoms with Gasteiger partial charge in [-0.05, 0) is 57.2 Å². The van der Waals surface area contributed by atoms with Crippen LogP contribution >= 0.6 is 7.37 Å². The van der Waals surface area contributed by atoms with Crippen molar-refractivity contribution in [2.24, 2.45) is 4.99 Å². The van der Waals surface area contributed by atoms with Gasteiger partial charge in [0.2, 0.25) is 5.90 Å². The molecule has 3 aromatic carbocycles. The van der Waals surface area contributed by atoms with Crippen LogP contribution in [0.3, 0.4) is 0 Å². The maximum absolute atomic E-state index is 14.3. The standard InChI is InChI=1S/C25H26NO3P/c1-19-23(26-24(28-19)20-13-7-4-8-14-20)25(2,3)29-30(27,21-15-9-5-10-16-21)22-17-11-6-12-18-22/h4-19,23H,1-3H3/t19-,23-/m0/s1. The third-order valence-corrected chi connectivity index (χ3v) is 7.97. The van der Waals surface area contributed by atoms with Gasteiger partial charge >= 0.3 is 0 Å². The second kappa shape index (κ2) is 8.22. The molecule has 0 fully saturated rings. The molecule has 0 amide bonds. The first-order chi connectivity index (χ1) is 14.4. The summed E-state index contributed by atoms with van der Waals surface area (Å²) >= 11 is 0. The molecule has 0 saturated heterocycles. The normalized spacial score (nSPS) is 19.2. The highest BCUT2D eigenvalue weighted by atomic mass is 31.2. The van der Waals surface area contributed by atoms with Crippen LogP contribution in [0.2, 0.25) is 0 Å². The number of rotatable bonds is 6. The summed E-state index contributed by atoms with van der Waals surface area (Å²) in [7, 11) is -3.34. The Morgan fingerprint density at radius 2 is 1.30 bits per heavy atom. The molecule has 0 aromatic heterocycles. The van der Waals surface area contributed by atoms with E-state index in [0.717, 1.165) is 5.56 Å². The number of nitrogens with zero attached hydrogens (tertiary/aromatic N) is 1. The summed E-state index contributed by atoms with van der Waals surface area (Å²) in [5.74, 6) is 0.596. The molecule has 0 radical (unpaired) electrons. The van der Waals surface area contributed by atoms with Crippen molar-refractivity contribution in [1.82, 2.24) is 0 Å². The van der Waals surface area contributed by atoms with E-state index in [4.69, 9.17) is 14.3 Å². The molecule has 2 atom stereocenters. The quantitative estimate of drug-likeness (QED) is 0.532. The minimum Gasteiger partial charge on any atom is -0.472 e. The largest absolute Gasteiger partial charge is 0.472 e. The smallest absolute Gasteiger partial charge is 0.261 e. The van der Waals surface area contributed by atoms with Gasteiger partial charge in [0.1, 0.15) is 12.1 Å². The van der Waals surface area contributed by atoms with Gasteiger partial charge in [-0.25, -0.2) is 4.99 Å². The van der Waals surface area contributed by atoms with Gasteiger partial charge in [0.15, 0.2) is 0 Å². The van der Waals surface area contributed by atoms with E-state index in [9.17, 15) is 4.57 Å². The van der Waals surface area contributed by atoms with E-state index in [-0.39, 0.29) is 12.1 Å². The van der Waals surface area contributed by atoms with Gasteiger partial charge in [-0.15, -0.1) is 0 Å². The van der Waals surface area contributed by atoms with Gasteiger partial charge < -0.3 is 9.26 Å². The van der Waals surface area contributed by atoms with E-state index in [2.05, 4.69) is 0 Å². The van der Waals surface area contributed by atoms with Crippen LogP contribution < -0.4 is 10.6 Å². The van der Waals surface area contributed by atoms with Crippen LogP contribution in [0.5, 0.6) is 0 Å². The fraction of sp³-hybridized carbons (Fsp3) is 0.240. The zero-order valence-electron chi connectivity index (χ0n) is 17.4. The summed E-state index contributed by atoms with van der Waals surface area (Å²) in [5, 5.41) is 1.34. The Kier molecular flexibility index (Phi) is 5.64. The van der Waals surface area contributed by atoms with Crippen molar-refractivity contribution >= 4 is 23.9 Å². The third-order valence-electron chi connectivity index (χ3n) is 5.29. The first kappa shape index (κ1) is 20.6. The molecule has 3 aromatic rings. The van der Waals surface area contributed by atoms with Crippen molar-refractivity contribution in [3.8, 4) is 0 Å². The lowest BCUT2D eigenvalue weighted by Crippen LogP contribution is -2.43. The molecule has 0 unspecified atom stereocenters. The van der Waals surface area contributed by atoms with Crippen molar-refractivity contribution in [1.29, 1.82) is 0 Å². The van der Waals surface area contributed by atoms with Crippen molar-refractivity contribution in [2.45, 2.75) is 38.5 Å². The molecule has 1 aliphatic heterocycles. The second-order valence-corrected chi connectivity index (χ2v) is 10.3. The summed E-state index contributed by atoms with van der Waals surface area (Å²) in [4.78, 5) is 4.83. The number of ether oxygens (including phenoxy) is 1. The predicted molar refractivity (Wildman–Crippen MR) is 122 cm³/mol. The molecule has 1 heterocycles. The summed E-state index contributed by atoms with van der Waals surface area (Å²) in [6, 6.07) is 28.3. The van der Waals surface area contributed by atoms with Gasteiger partial charge in [-0.3, -0.25) is 4.57 Å². The zero-order valence-corrected chi connectivity index (χ0v) is 18.3. The molecular weight excluding hydrogens is 393 g/mol. The molecular formula is C25H26NO3P. The summed E-state index contributed by atoms with van der Waals surface area (Å²) in [6.45, 7) is 5.85. The van der Waals surface area contributed by atoms with E-state index in [1.165, 1.54) is 0 Å². The SMILES string of the molecule is C[C@@H]1OC(c2ccccc2)=N[C@@H]1C(C)(C)OP(=O)(c1ccccc1)c1ccccc1. The topological polar surface area (TPSA) is 47.9 Å². The van der Waals surface area contributed by atoms with E-state index in [0.29, 0.717) is 16.5 Å². The maximum Gasteiger partial charge on any atom is 0.261 e. The van der Waals surface area contributed by atoms with Crippen molar-refractivity contribution in [3.05, 3.63) is 96.6 Å². The Bertz CT molecular complexity index is 1020. The second-order valence-electron chi connectivity index (χ2n) is 7.99.